The average molecular weight is 281 g/mol. The summed E-state index contributed by atoms with van der Waals surface area (Å²) in [5.74, 6) is 1.06. The minimum Gasteiger partial charge on any atom is -0.395 e. The predicted octanol–water partition coefficient (Wildman–Crippen LogP) is 0.859. The Morgan fingerprint density at radius 1 is 1.25 bits per heavy atom. The molecule has 1 fully saturated rings. The van der Waals surface area contributed by atoms with E-state index in [4.69, 9.17) is 10.8 Å². The van der Waals surface area contributed by atoms with Crippen LogP contribution in [0.5, 0.6) is 0 Å². The van der Waals surface area contributed by atoms with Crippen LogP contribution < -0.4 is 10.6 Å². The highest BCUT2D eigenvalue weighted by Crippen LogP contribution is 2.30. The van der Waals surface area contributed by atoms with Crippen molar-refractivity contribution in [3.63, 3.8) is 0 Å². The Kier molecular flexibility index (Phi) is 4.88. The van der Waals surface area contributed by atoms with Crippen LogP contribution in [0.4, 0.5) is 11.5 Å². The summed E-state index contributed by atoms with van der Waals surface area (Å²) in [6.07, 6.45) is 1.09. The number of aliphatic hydroxyl groups excluding tert-OH is 1. The number of nitrogens with two attached hydrogens (primary N) is 1. The van der Waals surface area contributed by atoms with Gasteiger partial charge in [0.15, 0.2) is 5.82 Å². The Hall–Kier alpha value is -1.27. The third-order valence-electron chi connectivity index (χ3n) is 3.90. The van der Waals surface area contributed by atoms with Gasteiger partial charge in [-0.2, -0.15) is 5.10 Å². The maximum absolute atomic E-state index is 9.07. The van der Waals surface area contributed by atoms with Gasteiger partial charge in [0.2, 0.25) is 0 Å². The van der Waals surface area contributed by atoms with E-state index in [-0.39, 0.29) is 6.61 Å². The van der Waals surface area contributed by atoms with Crippen LogP contribution in [-0.4, -0.2) is 59.1 Å². The lowest BCUT2D eigenvalue weighted by Gasteiger charge is -2.25. The number of nitrogens with zero attached hydrogens (tertiary/aromatic N) is 4. The number of aryl methyl sites for hydroxylation is 1. The largest absolute Gasteiger partial charge is 0.395 e. The van der Waals surface area contributed by atoms with Gasteiger partial charge in [-0.15, -0.1) is 0 Å². The third-order valence-corrected chi connectivity index (χ3v) is 3.90. The molecule has 0 amide bonds. The normalized spacial score (nSPS) is 17.8. The van der Waals surface area contributed by atoms with Crippen molar-refractivity contribution in [2.75, 3.05) is 50.0 Å². The van der Waals surface area contributed by atoms with Gasteiger partial charge in [-0.05, 0) is 33.7 Å². The molecule has 0 aliphatic carbocycles. The maximum atomic E-state index is 9.07. The van der Waals surface area contributed by atoms with Crippen LogP contribution >= 0.6 is 0 Å². The second-order valence-electron chi connectivity index (χ2n) is 5.77. The summed E-state index contributed by atoms with van der Waals surface area (Å²) in [7, 11) is 0. The Morgan fingerprint density at radius 2 is 2.00 bits per heavy atom. The van der Waals surface area contributed by atoms with Gasteiger partial charge in [0.05, 0.1) is 18.0 Å². The van der Waals surface area contributed by atoms with Crippen molar-refractivity contribution in [1.82, 2.24) is 14.7 Å². The summed E-state index contributed by atoms with van der Waals surface area (Å²) in [6.45, 7) is 11.1. The molecule has 0 saturated carbocycles. The van der Waals surface area contributed by atoms with E-state index in [1.165, 1.54) is 0 Å². The molecule has 6 heteroatoms. The fourth-order valence-electron chi connectivity index (χ4n) is 2.77. The number of β-amino-alcohol motifs (C(OH)–C–C–N with tert-alkyl or cyclic N) is 1. The maximum Gasteiger partial charge on any atom is 0.150 e. The molecule has 1 aromatic heterocycles. The van der Waals surface area contributed by atoms with Crippen molar-refractivity contribution in [3.05, 3.63) is 5.69 Å². The first kappa shape index (κ1) is 15.1. The fourth-order valence-corrected chi connectivity index (χ4v) is 2.77. The molecule has 3 N–H and O–H groups in total. The lowest BCUT2D eigenvalue weighted by atomic mass is 10.3. The molecule has 0 unspecified atom stereocenters. The van der Waals surface area contributed by atoms with Crippen LogP contribution in [0.1, 0.15) is 32.0 Å². The van der Waals surface area contributed by atoms with Gasteiger partial charge in [0.25, 0.3) is 0 Å². The summed E-state index contributed by atoms with van der Waals surface area (Å²) >= 11 is 0. The molecular formula is C14H27N5O. The quantitative estimate of drug-likeness (QED) is 0.856. The van der Waals surface area contributed by atoms with Crippen molar-refractivity contribution >= 4 is 11.5 Å². The van der Waals surface area contributed by atoms with Crippen molar-refractivity contribution < 1.29 is 5.11 Å². The number of rotatable bonds is 4. The molecule has 0 spiro atoms. The molecule has 114 valence electrons. The second-order valence-corrected chi connectivity index (χ2v) is 5.77. The number of aliphatic hydroxyl groups is 1. The molecule has 1 aliphatic heterocycles. The number of hydrogen-bond donors (Lipinski definition) is 2. The highest BCUT2D eigenvalue weighted by molar-refractivity contribution is 5.66. The smallest absolute Gasteiger partial charge is 0.150 e. The summed E-state index contributed by atoms with van der Waals surface area (Å²) in [4.78, 5) is 4.64. The number of hydrogen-bond acceptors (Lipinski definition) is 5. The number of anilines is 2. The summed E-state index contributed by atoms with van der Waals surface area (Å²) in [5.41, 5.74) is 7.95. The molecule has 2 heterocycles. The van der Waals surface area contributed by atoms with Crippen LogP contribution in [0, 0.1) is 6.92 Å². The Labute approximate surface area is 121 Å². The highest BCUT2D eigenvalue weighted by atomic mass is 16.3. The Balaban J connectivity index is 2.19. The topological polar surface area (TPSA) is 70.5 Å². The Morgan fingerprint density at radius 3 is 2.65 bits per heavy atom. The molecule has 1 saturated heterocycles. The number of nitrogen functional groups attached to an aromatic ring is 1. The standard InChI is InChI=1S/C14H27N5O/c1-11(2)19-14(13(15)12(3)16-19)18-6-4-5-17(7-8-18)9-10-20/h11,20H,4-10,15H2,1-3H3. The molecule has 0 bridgehead atoms. The van der Waals surface area contributed by atoms with E-state index in [1.807, 2.05) is 11.6 Å². The predicted molar refractivity (Wildman–Crippen MR) is 82.1 cm³/mol. The molecule has 0 radical (unpaired) electrons. The van der Waals surface area contributed by atoms with Crippen molar-refractivity contribution in [2.45, 2.75) is 33.2 Å². The van der Waals surface area contributed by atoms with Crippen molar-refractivity contribution in [3.8, 4) is 0 Å². The first-order valence-corrected chi connectivity index (χ1v) is 7.47. The Bertz CT molecular complexity index is 443. The molecule has 0 atom stereocenters. The van der Waals surface area contributed by atoms with E-state index in [2.05, 4.69) is 28.7 Å². The van der Waals surface area contributed by atoms with Gasteiger partial charge in [0.1, 0.15) is 0 Å². The monoisotopic (exact) mass is 281 g/mol. The first-order valence-electron chi connectivity index (χ1n) is 7.47. The van der Waals surface area contributed by atoms with Crippen LogP contribution in [0.15, 0.2) is 0 Å². The third kappa shape index (κ3) is 3.07. The van der Waals surface area contributed by atoms with Crippen LogP contribution in [0.25, 0.3) is 0 Å². The second kappa shape index (κ2) is 6.45. The van der Waals surface area contributed by atoms with E-state index in [0.29, 0.717) is 6.04 Å². The van der Waals surface area contributed by atoms with E-state index in [1.54, 1.807) is 0 Å². The zero-order valence-electron chi connectivity index (χ0n) is 12.8. The highest BCUT2D eigenvalue weighted by Gasteiger charge is 2.23. The van der Waals surface area contributed by atoms with E-state index < -0.39 is 0 Å². The molecule has 1 aromatic rings. The minimum atomic E-state index is 0.227. The molecule has 1 aliphatic rings. The van der Waals surface area contributed by atoms with Crippen molar-refractivity contribution in [1.29, 1.82) is 0 Å². The first-order chi connectivity index (χ1) is 9.54. The van der Waals surface area contributed by atoms with E-state index >= 15 is 0 Å². The summed E-state index contributed by atoms with van der Waals surface area (Å²) in [5, 5.41) is 13.6. The van der Waals surface area contributed by atoms with E-state index in [0.717, 1.165) is 56.3 Å². The van der Waals surface area contributed by atoms with Gasteiger partial charge < -0.3 is 15.7 Å². The van der Waals surface area contributed by atoms with Crippen LogP contribution in [-0.2, 0) is 0 Å². The average Bonchev–Trinajstić information content (AvgIpc) is 2.59. The molecular weight excluding hydrogens is 254 g/mol. The van der Waals surface area contributed by atoms with Crippen LogP contribution in [0.2, 0.25) is 0 Å². The fraction of sp³-hybridized carbons (Fsp3) is 0.786. The van der Waals surface area contributed by atoms with Crippen molar-refractivity contribution in [2.24, 2.45) is 0 Å². The summed E-state index contributed by atoms with van der Waals surface area (Å²) in [6, 6.07) is 0.304. The van der Waals surface area contributed by atoms with E-state index in [9.17, 15) is 0 Å². The molecule has 20 heavy (non-hydrogen) atoms. The number of aromatic nitrogens is 2. The van der Waals surface area contributed by atoms with Gasteiger partial charge in [-0.25, -0.2) is 4.68 Å². The van der Waals surface area contributed by atoms with Gasteiger partial charge in [-0.3, -0.25) is 4.90 Å². The van der Waals surface area contributed by atoms with Crippen LogP contribution in [0.3, 0.4) is 0 Å². The zero-order valence-corrected chi connectivity index (χ0v) is 12.8. The molecule has 2 rings (SSSR count). The SMILES string of the molecule is Cc1nn(C(C)C)c(N2CCCN(CCO)CC2)c1N. The van der Waals surface area contributed by atoms with Gasteiger partial charge >= 0.3 is 0 Å². The minimum absolute atomic E-state index is 0.227. The lowest BCUT2D eigenvalue weighted by Crippen LogP contribution is -2.33. The van der Waals surface area contributed by atoms with Gasteiger partial charge in [-0.1, -0.05) is 0 Å². The molecule has 0 aromatic carbocycles. The van der Waals surface area contributed by atoms with Gasteiger partial charge in [0, 0.05) is 32.2 Å². The lowest BCUT2D eigenvalue weighted by molar-refractivity contribution is 0.204. The zero-order chi connectivity index (χ0) is 14.7. The summed E-state index contributed by atoms with van der Waals surface area (Å²) < 4.78 is 2.03. The molecule has 6 nitrogen and oxygen atoms in total.